The predicted molar refractivity (Wildman–Crippen MR) is 122 cm³/mol. The molecule has 0 amide bonds. The first-order chi connectivity index (χ1) is 16.3. The topological polar surface area (TPSA) is 51.5 Å². The number of hydrogen-bond acceptors (Lipinski definition) is 2. The largest absolute Gasteiger partial charge is 0.489 e. The van der Waals surface area contributed by atoms with E-state index in [-0.39, 0.29) is 0 Å². The van der Waals surface area contributed by atoms with E-state index in [1.807, 2.05) is 36.4 Å². The van der Waals surface area contributed by atoms with E-state index >= 15 is 0 Å². The highest BCUT2D eigenvalue weighted by atomic mass is 19.4. The number of carbonyl (C=O) groups is 1. The van der Waals surface area contributed by atoms with E-state index in [2.05, 4.69) is 0 Å². The molecule has 1 unspecified atom stereocenters. The minimum Gasteiger partial charge on any atom is -0.489 e. The SMILES string of the molecule is O=C(O)C(Cc1ccc(OCc2ccc(-c3ccc(C(F)(F)F)cc3)cc2)cc1)n1cccc1. The molecule has 0 saturated heterocycles. The van der Waals surface area contributed by atoms with Crippen molar-refractivity contribution in [2.45, 2.75) is 25.2 Å². The Balaban J connectivity index is 1.34. The van der Waals surface area contributed by atoms with Crippen LogP contribution in [0.1, 0.15) is 22.7 Å². The summed E-state index contributed by atoms with van der Waals surface area (Å²) >= 11 is 0. The van der Waals surface area contributed by atoms with E-state index < -0.39 is 23.8 Å². The van der Waals surface area contributed by atoms with Gasteiger partial charge < -0.3 is 14.4 Å². The lowest BCUT2D eigenvalue weighted by Gasteiger charge is -2.15. The van der Waals surface area contributed by atoms with E-state index in [0.29, 0.717) is 24.3 Å². The molecular weight excluding hydrogens is 443 g/mol. The molecule has 4 nitrogen and oxygen atoms in total. The summed E-state index contributed by atoms with van der Waals surface area (Å²) in [5.74, 6) is -0.236. The third kappa shape index (κ3) is 5.67. The van der Waals surface area contributed by atoms with Gasteiger partial charge in [-0.1, -0.05) is 48.5 Å². The molecule has 4 rings (SSSR count). The second kappa shape index (κ2) is 9.87. The number of ether oxygens (including phenoxy) is 1. The quantitative estimate of drug-likeness (QED) is 0.318. The number of rotatable bonds is 8. The molecule has 174 valence electrons. The molecular formula is C27H22F3NO3. The van der Waals surface area contributed by atoms with Crippen LogP contribution in [0.15, 0.2) is 97.3 Å². The zero-order valence-corrected chi connectivity index (χ0v) is 18.1. The molecule has 34 heavy (non-hydrogen) atoms. The Kier molecular flexibility index (Phi) is 6.72. The van der Waals surface area contributed by atoms with Gasteiger partial charge in [0.1, 0.15) is 18.4 Å². The highest BCUT2D eigenvalue weighted by Gasteiger charge is 2.29. The van der Waals surface area contributed by atoms with Crippen LogP contribution in [-0.4, -0.2) is 15.6 Å². The van der Waals surface area contributed by atoms with Gasteiger partial charge in [-0.15, -0.1) is 0 Å². The van der Waals surface area contributed by atoms with Crippen LogP contribution in [0.2, 0.25) is 0 Å². The molecule has 0 spiro atoms. The molecule has 1 aromatic heterocycles. The number of halogens is 3. The minimum atomic E-state index is -4.35. The molecule has 3 aromatic carbocycles. The minimum absolute atomic E-state index is 0.327. The van der Waals surface area contributed by atoms with Crippen molar-refractivity contribution in [3.8, 4) is 16.9 Å². The van der Waals surface area contributed by atoms with Gasteiger partial charge in [0.2, 0.25) is 0 Å². The Labute approximate surface area is 194 Å². The second-order valence-corrected chi connectivity index (χ2v) is 7.89. The average molecular weight is 465 g/mol. The Hall–Kier alpha value is -4.00. The molecule has 1 N–H and O–H groups in total. The third-order valence-electron chi connectivity index (χ3n) is 5.53. The lowest BCUT2D eigenvalue weighted by atomic mass is 10.0. The number of hydrogen-bond donors (Lipinski definition) is 1. The summed E-state index contributed by atoms with van der Waals surface area (Å²) in [5.41, 5.74) is 2.65. The molecule has 1 atom stereocenters. The standard InChI is InChI=1S/C27H22F3NO3/c28-27(29,30)23-11-9-22(10-12-23)21-7-3-20(4-8-21)18-34-24-13-5-19(6-14-24)17-25(26(32)33)31-15-1-2-16-31/h1-16,25H,17-18H2,(H,32,33). The summed E-state index contributed by atoms with van der Waals surface area (Å²) in [6.07, 6.45) is -0.521. The van der Waals surface area contributed by atoms with Crippen LogP contribution < -0.4 is 4.74 Å². The summed E-state index contributed by atoms with van der Waals surface area (Å²) in [6, 6.07) is 22.7. The molecule has 4 aromatic rings. The van der Waals surface area contributed by atoms with Gasteiger partial charge in [0.15, 0.2) is 0 Å². The highest BCUT2D eigenvalue weighted by molar-refractivity contribution is 5.72. The van der Waals surface area contributed by atoms with E-state index in [1.165, 1.54) is 12.1 Å². The molecule has 0 saturated carbocycles. The van der Waals surface area contributed by atoms with Gasteiger partial charge in [0, 0.05) is 18.8 Å². The number of carboxylic acid groups (broad SMARTS) is 1. The molecule has 0 fully saturated rings. The average Bonchev–Trinajstić information content (AvgIpc) is 3.36. The normalized spacial score (nSPS) is 12.3. The van der Waals surface area contributed by atoms with Gasteiger partial charge in [0.25, 0.3) is 0 Å². The van der Waals surface area contributed by atoms with Gasteiger partial charge in [-0.2, -0.15) is 13.2 Å². The van der Waals surface area contributed by atoms with Crippen molar-refractivity contribution < 1.29 is 27.8 Å². The van der Waals surface area contributed by atoms with E-state index in [4.69, 9.17) is 4.74 Å². The van der Waals surface area contributed by atoms with Crippen LogP contribution in [-0.2, 0) is 24.0 Å². The number of aromatic nitrogens is 1. The van der Waals surface area contributed by atoms with Crippen LogP contribution in [0.5, 0.6) is 5.75 Å². The van der Waals surface area contributed by atoms with E-state index in [1.54, 1.807) is 41.2 Å². The lowest BCUT2D eigenvalue weighted by molar-refractivity contribution is -0.141. The number of carboxylic acids is 1. The molecule has 7 heteroatoms. The summed E-state index contributed by atoms with van der Waals surface area (Å²) in [4.78, 5) is 11.6. The van der Waals surface area contributed by atoms with Gasteiger partial charge in [0.05, 0.1) is 5.56 Å². The van der Waals surface area contributed by atoms with Crippen molar-refractivity contribution in [2.24, 2.45) is 0 Å². The zero-order valence-electron chi connectivity index (χ0n) is 18.1. The van der Waals surface area contributed by atoms with Gasteiger partial charge in [-0.05, 0) is 58.7 Å². The zero-order chi connectivity index (χ0) is 24.1. The lowest BCUT2D eigenvalue weighted by Crippen LogP contribution is -2.20. The molecule has 0 aliphatic heterocycles. The molecule has 0 aliphatic rings. The summed E-state index contributed by atoms with van der Waals surface area (Å²) < 4.78 is 45.7. The van der Waals surface area contributed by atoms with Crippen molar-refractivity contribution in [1.82, 2.24) is 4.57 Å². The third-order valence-corrected chi connectivity index (χ3v) is 5.53. The molecule has 0 radical (unpaired) electrons. The van der Waals surface area contributed by atoms with Gasteiger partial charge >= 0.3 is 12.1 Å². The van der Waals surface area contributed by atoms with Crippen LogP contribution in [0, 0.1) is 0 Å². The first-order valence-electron chi connectivity index (χ1n) is 10.6. The Morgan fingerprint density at radius 2 is 1.35 bits per heavy atom. The Bertz CT molecular complexity index is 1210. The smallest absolute Gasteiger partial charge is 0.416 e. The number of nitrogens with zero attached hydrogens (tertiary/aromatic N) is 1. The van der Waals surface area contributed by atoms with Gasteiger partial charge in [-0.3, -0.25) is 0 Å². The van der Waals surface area contributed by atoms with E-state index in [9.17, 15) is 23.1 Å². The van der Waals surface area contributed by atoms with E-state index in [0.717, 1.165) is 28.8 Å². The number of benzene rings is 3. The van der Waals surface area contributed by atoms with Crippen molar-refractivity contribution in [3.63, 3.8) is 0 Å². The fourth-order valence-corrected chi connectivity index (χ4v) is 3.63. The number of alkyl halides is 3. The predicted octanol–water partition coefficient (Wildman–Crippen LogP) is 6.62. The Morgan fingerprint density at radius 1 is 0.824 bits per heavy atom. The highest BCUT2D eigenvalue weighted by Crippen LogP contribution is 2.31. The fraction of sp³-hybridized carbons (Fsp3) is 0.148. The summed E-state index contributed by atoms with van der Waals surface area (Å²) in [7, 11) is 0. The van der Waals surface area contributed by atoms with Crippen LogP contribution in [0.3, 0.4) is 0 Å². The van der Waals surface area contributed by atoms with Crippen LogP contribution in [0.25, 0.3) is 11.1 Å². The fourth-order valence-electron chi connectivity index (χ4n) is 3.63. The molecule has 0 aliphatic carbocycles. The Morgan fingerprint density at radius 3 is 1.88 bits per heavy atom. The second-order valence-electron chi connectivity index (χ2n) is 7.89. The molecule has 1 heterocycles. The van der Waals surface area contributed by atoms with Crippen molar-refractivity contribution in [3.05, 3.63) is 114 Å². The maximum Gasteiger partial charge on any atom is 0.416 e. The van der Waals surface area contributed by atoms with Crippen molar-refractivity contribution >= 4 is 5.97 Å². The first-order valence-corrected chi connectivity index (χ1v) is 10.6. The van der Waals surface area contributed by atoms with Crippen molar-refractivity contribution in [1.29, 1.82) is 0 Å². The summed E-state index contributed by atoms with van der Waals surface area (Å²) in [5, 5.41) is 9.52. The first kappa shape index (κ1) is 23.2. The maximum atomic E-state index is 12.7. The van der Waals surface area contributed by atoms with Crippen LogP contribution >= 0.6 is 0 Å². The summed E-state index contributed by atoms with van der Waals surface area (Å²) in [6.45, 7) is 0.327. The molecule has 0 bridgehead atoms. The van der Waals surface area contributed by atoms with Crippen LogP contribution in [0.4, 0.5) is 13.2 Å². The van der Waals surface area contributed by atoms with Gasteiger partial charge in [-0.25, -0.2) is 4.79 Å². The maximum absolute atomic E-state index is 12.7. The van der Waals surface area contributed by atoms with Crippen molar-refractivity contribution in [2.75, 3.05) is 0 Å². The monoisotopic (exact) mass is 465 g/mol. The number of aliphatic carboxylic acids is 1.